The average molecular weight is 629 g/mol. The summed E-state index contributed by atoms with van der Waals surface area (Å²) in [5, 5.41) is 8.21. The summed E-state index contributed by atoms with van der Waals surface area (Å²) in [6, 6.07) is 10.0. The van der Waals surface area contributed by atoms with E-state index in [2.05, 4.69) is 10.4 Å². The molecule has 0 saturated carbocycles. The summed E-state index contributed by atoms with van der Waals surface area (Å²) < 4.78 is 12.9. The molecule has 0 bridgehead atoms. The highest BCUT2D eigenvalue weighted by atomic mass is 35.5. The molecule has 0 spiro atoms. The van der Waals surface area contributed by atoms with Gasteiger partial charge in [-0.3, -0.25) is 9.48 Å². The molecular weight excluding hydrogens is 614 g/mol. The number of carbonyl (C=O) groups is 1. The van der Waals surface area contributed by atoms with Crippen molar-refractivity contribution in [1.82, 2.24) is 9.78 Å². The van der Waals surface area contributed by atoms with Crippen LogP contribution in [0.25, 0.3) is 0 Å². The van der Waals surface area contributed by atoms with Crippen LogP contribution in [0, 0.1) is 6.92 Å². The fourth-order valence-corrected chi connectivity index (χ4v) is 4.92. The van der Waals surface area contributed by atoms with E-state index in [4.69, 9.17) is 90.4 Å². The first kappa shape index (κ1) is 27.3. The van der Waals surface area contributed by atoms with E-state index in [1.54, 1.807) is 35.0 Å². The number of amides is 1. The van der Waals surface area contributed by atoms with Crippen molar-refractivity contribution in [3.63, 3.8) is 0 Å². The van der Waals surface area contributed by atoms with Crippen molar-refractivity contribution in [2.45, 2.75) is 20.1 Å². The summed E-state index contributed by atoms with van der Waals surface area (Å²) in [5.74, 6) is 0.234. The molecule has 0 fully saturated rings. The number of rotatable bonds is 7. The number of hydrogen-bond acceptors (Lipinski definition) is 4. The highest BCUT2D eigenvalue weighted by molar-refractivity contribution is 6.55. The van der Waals surface area contributed by atoms with Crippen molar-refractivity contribution in [3.8, 4) is 5.75 Å². The van der Waals surface area contributed by atoms with Gasteiger partial charge in [-0.2, -0.15) is 5.10 Å². The molecule has 0 saturated heterocycles. The molecular formula is C23H14Cl7N3O3. The van der Waals surface area contributed by atoms with E-state index in [0.29, 0.717) is 28.2 Å². The average Bonchev–Trinajstić information content (AvgIpc) is 3.45. The van der Waals surface area contributed by atoms with Gasteiger partial charge in [0.05, 0.1) is 21.6 Å². The van der Waals surface area contributed by atoms with Gasteiger partial charge in [-0.15, -0.1) is 0 Å². The maximum Gasteiger partial charge on any atom is 0.292 e. The lowest BCUT2D eigenvalue weighted by Crippen LogP contribution is -2.12. The van der Waals surface area contributed by atoms with Gasteiger partial charge < -0.3 is 14.5 Å². The first-order valence-corrected chi connectivity index (χ1v) is 12.7. The zero-order valence-electron chi connectivity index (χ0n) is 18.1. The molecule has 0 aliphatic rings. The fourth-order valence-electron chi connectivity index (χ4n) is 3.17. The summed E-state index contributed by atoms with van der Waals surface area (Å²) in [7, 11) is 0. The second-order valence-electron chi connectivity index (χ2n) is 7.44. The van der Waals surface area contributed by atoms with E-state index in [1.807, 2.05) is 6.92 Å². The maximum absolute atomic E-state index is 12.7. The van der Waals surface area contributed by atoms with E-state index < -0.39 is 5.91 Å². The van der Waals surface area contributed by atoms with Gasteiger partial charge in [-0.1, -0.05) is 87.3 Å². The summed E-state index contributed by atoms with van der Waals surface area (Å²) in [6.07, 6.45) is 0. The van der Waals surface area contributed by atoms with Gasteiger partial charge in [0.15, 0.2) is 17.3 Å². The monoisotopic (exact) mass is 625 g/mol. The largest absolute Gasteiger partial charge is 0.482 e. The van der Waals surface area contributed by atoms with Crippen molar-refractivity contribution in [1.29, 1.82) is 0 Å². The lowest BCUT2D eigenvalue weighted by molar-refractivity contribution is 0.0992. The van der Waals surface area contributed by atoms with E-state index in [1.165, 1.54) is 6.07 Å². The highest BCUT2D eigenvalue weighted by Crippen LogP contribution is 2.48. The number of nitrogens with zero attached hydrogens (tertiary/aromatic N) is 2. The van der Waals surface area contributed by atoms with Gasteiger partial charge in [0.1, 0.15) is 22.4 Å². The van der Waals surface area contributed by atoms with Crippen LogP contribution in [-0.2, 0) is 13.2 Å². The van der Waals surface area contributed by atoms with E-state index in [0.717, 1.165) is 11.3 Å². The second kappa shape index (κ2) is 11.3. The van der Waals surface area contributed by atoms with Crippen LogP contribution >= 0.6 is 81.2 Å². The van der Waals surface area contributed by atoms with Crippen LogP contribution in [-0.4, -0.2) is 15.7 Å². The van der Waals surface area contributed by atoms with Crippen molar-refractivity contribution >= 4 is 92.9 Å². The molecule has 6 nitrogen and oxygen atoms in total. The summed E-state index contributed by atoms with van der Waals surface area (Å²) in [5.41, 5.74) is 1.52. The number of aromatic nitrogens is 2. The molecule has 0 atom stereocenters. The van der Waals surface area contributed by atoms with Crippen LogP contribution in [0.3, 0.4) is 0 Å². The smallest absolute Gasteiger partial charge is 0.292 e. The minimum absolute atomic E-state index is 0.00428. The fraction of sp³-hybridized carbons (Fsp3) is 0.130. The number of anilines is 1. The Kier molecular flexibility index (Phi) is 8.57. The minimum atomic E-state index is -0.504. The molecule has 0 radical (unpaired) electrons. The molecule has 0 aliphatic carbocycles. The third-order valence-corrected chi connectivity index (χ3v) is 7.96. The Balaban J connectivity index is 1.43. The predicted octanol–water partition coefficient (Wildman–Crippen LogP) is 9.24. The Bertz CT molecular complexity index is 1420. The normalized spacial score (nSPS) is 11.1. The predicted molar refractivity (Wildman–Crippen MR) is 145 cm³/mol. The first-order chi connectivity index (χ1) is 17.1. The maximum atomic E-state index is 12.7. The van der Waals surface area contributed by atoms with Gasteiger partial charge in [0.25, 0.3) is 5.91 Å². The molecule has 1 amide bonds. The summed E-state index contributed by atoms with van der Waals surface area (Å²) >= 11 is 42.9. The van der Waals surface area contributed by atoms with E-state index in [-0.39, 0.29) is 43.2 Å². The van der Waals surface area contributed by atoms with Crippen molar-refractivity contribution < 1.29 is 13.9 Å². The SMILES string of the molecule is Cc1cc(NC(=O)c2ccc(COc3c(Cl)c(Cl)c(Cl)c(Cl)c3Cl)o2)nn1Cc1c(Cl)cccc1Cl. The second-order valence-corrected chi connectivity index (χ2v) is 10.1. The van der Waals surface area contributed by atoms with Gasteiger partial charge in [0.2, 0.25) is 0 Å². The van der Waals surface area contributed by atoms with E-state index in [9.17, 15) is 4.79 Å². The van der Waals surface area contributed by atoms with Gasteiger partial charge in [-0.05, 0) is 31.2 Å². The first-order valence-electron chi connectivity index (χ1n) is 10.1. The third-order valence-electron chi connectivity index (χ3n) is 5.01. The summed E-state index contributed by atoms with van der Waals surface area (Å²) in [4.78, 5) is 12.7. The molecule has 2 heterocycles. The number of nitrogens with one attached hydrogen (secondary N) is 1. The molecule has 1 N–H and O–H groups in total. The molecule has 2 aromatic heterocycles. The number of halogens is 7. The number of ether oxygens (including phenoxy) is 1. The van der Waals surface area contributed by atoms with Gasteiger partial charge in [0, 0.05) is 27.4 Å². The van der Waals surface area contributed by atoms with E-state index >= 15 is 0 Å². The number of aryl methyl sites for hydroxylation is 1. The van der Waals surface area contributed by atoms with Crippen molar-refractivity contribution in [3.05, 3.63) is 94.3 Å². The topological polar surface area (TPSA) is 69.3 Å². The van der Waals surface area contributed by atoms with Crippen LogP contribution in [0.5, 0.6) is 5.75 Å². The number of furan rings is 1. The molecule has 188 valence electrons. The van der Waals surface area contributed by atoms with Crippen LogP contribution in [0.1, 0.15) is 27.6 Å². The molecule has 13 heteroatoms. The zero-order valence-corrected chi connectivity index (χ0v) is 23.4. The van der Waals surface area contributed by atoms with Crippen LogP contribution in [0.2, 0.25) is 35.2 Å². The molecule has 36 heavy (non-hydrogen) atoms. The Morgan fingerprint density at radius 3 is 2.19 bits per heavy atom. The lowest BCUT2D eigenvalue weighted by Gasteiger charge is -2.12. The van der Waals surface area contributed by atoms with Gasteiger partial charge in [-0.25, -0.2) is 0 Å². The van der Waals surface area contributed by atoms with Crippen molar-refractivity contribution in [2.75, 3.05) is 5.32 Å². The molecule has 0 unspecified atom stereocenters. The quantitative estimate of drug-likeness (QED) is 0.164. The Labute approximate surface area is 240 Å². The summed E-state index contributed by atoms with van der Waals surface area (Å²) in [6.45, 7) is 2.08. The Hall–Kier alpha value is -1.77. The van der Waals surface area contributed by atoms with Crippen molar-refractivity contribution in [2.24, 2.45) is 0 Å². The minimum Gasteiger partial charge on any atom is -0.482 e. The molecule has 2 aromatic carbocycles. The number of carbonyl (C=O) groups excluding carboxylic acids is 1. The molecule has 4 aromatic rings. The van der Waals surface area contributed by atoms with Crippen LogP contribution in [0.4, 0.5) is 5.82 Å². The Morgan fingerprint density at radius 1 is 0.944 bits per heavy atom. The standard InChI is InChI=1S/C23H14Cl7N3O3/c1-10-7-16(32-33(10)8-12-13(24)3-2-4-14(12)25)31-23(34)15-6-5-11(36-15)9-35-22-20(29)18(27)17(26)19(28)21(22)30/h2-7H,8-9H2,1H3,(H,31,32,34). The Morgan fingerprint density at radius 2 is 1.56 bits per heavy atom. The van der Waals surface area contributed by atoms with Crippen LogP contribution < -0.4 is 10.1 Å². The van der Waals surface area contributed by atoms with Gasteiger partial charge >= 0.3 is 0 Å². The van der Waals surface area contributed by atoms with Crippen LogP contribution in [0.15, 0.2) is 40.8 Å². The third kappa shape index (κ3) is 5.70. The molecule has 4 rings (SSSR count). The zero-order chi connectivity index (χ0) is 26.1. The molecule has 0 aliphatic heterocycles. The number of hydrogen-bond donors (Lipinski definition) is 1. The lowest BCUT2D eigenvalue weighted by atomic mass is 10.2. The highest BCUT2D eigenvalue weighted by Gasteiger charge is 2.21. The number of benzene rings is 2.